The maximum absolute atomic E-state index is 12.1. The van der Waals surface area contributed by atoms with E-state index in [0.717, 1.165) is 0 Å². The Hall–Kier alpha value is -2.51. The molecule has 1 aromatic carbocycles. The fourth-order valence-electron chi connectivity index (χ4n) is 1.39. The number of ether oxygens (including phenoxy) is 2. The minimum absolute atomic E-state index is 0.0977. The van der Waals surface area contributed by atoms with E-state index in [9.17, 15) is 13.6 Å². The van der Waals surface area contributed by atoms with Crippen LogP contribution in [0.2, 0.25) is 0 Å². The molecule has 106 valence electrons. The van der Waals surface area contributed by atoms with Crippen molar-refractivity contribution in [2.24, 2.45) is 0 Å². The number of alkyl halides is 2. The van der Waals surface area contributed by atoms with Crippen LogP contribution in [0.3, 0.4) is 0 Å². The highest BCUT2D eigenvalue weighted by molar-refractivity contribution is 5.97. The Kier molecular flexibility index (Phi) is 4.24. The molecule has 0 unspecified atom stereocenters. The number of benzene rings is 1. The standard InChI is InChI=1S/C12H10F2N2O4/c1-7-15-12(20-16-7)18-6-10(17)8-3-2-4-9(5-8)19-11(13)14/h2-5,11H,6H2,1H3. The number of halogens is 2. The second-order valence-electron chi connectivity index (χ2n) is 3.73. The molecule has 8 heteroatoms. The van der Waals surface area contributed by atoms with Gasteiger partial charge in [0.25, 0.3) is 0 Å². The van der Waals surface area contributed by atoms with Crippen molar-refractivity contribution in [3.8, 4) is 11.8 Å². The molecule has 0 radical (unpaired) electrons. The van der Waals surface area contributed by atoms with E-state index in [0.29, 0.717) is 5.82 Å². The summed E-state index contributed by atoms with van der Waals surface area (Å²) < 4.78 is 38.0. The molecule has 0 spiro atoms. The van der Waals surface area contributed by atoms with Crippen molar-refractivity contribution < 1.29 is 27.6 Å². The summed E-state index contributed by atoms with van der Waals surface area (Å²) >= 11 is 0. The minimum Gasteiger partial charge on any atom is -0.440 e. The van der Waals surface area contributed by atoms with Crippen molar-refractivity contribution in [2.75, 3.05) is 6.61 Å². The summed E-state index contributed by atoms with van der Waals surface area (Å²) in [7, 11) is 0. The summed E-state index contributed by atoms with van der Waals surface area (Å²) in [4.78, 5) is 15.6. The Morgan fingerprint density at radius 2 is 2.25 bits per heavy atom. The molecule has 0 aliphatic heterocycles. The number of hydrogen-bond acceptors (Lipinski definition) is 6. The van der Waals surface area contributed by atoms with Crippen LogP contribution in [0.1, 0.15) is 16.2 Å². The van der Waals surface area contributed by atoms with Crippen molar-refractivity contribution in [3.05, 3.63) is 35.7 Å². The van der Waals surface area contributed by atoms with E-state index in [2.05, 4.69) is 19.4 Å². The van der Waals surface area contributed by atoms with Crippen LogP contribution in [-0.2, 0) is 0 Å². The molecule has 2 aromatic rings. The average Bonchev–Trinajstić information content (AvgIpc) is 2.81. The molecular formula is C12H10F2N2O4. The molecular weight excluding hydrogens is 274 g/mol. The van der Waals surface area contributed by atoms with Gasteiger partial charge in [0.15, 0.2) is 12.4 Å². The summed E-state index contributed by atoms with van der Waals surface area (Å²) in [6.07, 6.45) is -0.129. The Labute approximate surface area is 112 Å². The zero-order chi connectivity index (χ0) is 14.5. The molecule has 0 aliphatic carbocycles. The zero-order valence-electron chi connectivity index (χ0n) is 10.4. The van der Waals surface area contributed by atoms with E-state index in [4.69, 9.17) is 4.74 Å². The number of carbonyl (C=O) groups is 1. The summed E-state index contributed by atoms with van der Waals surface area (Å²) in [5.41, 5.74) is 0.180. The van der Waals surface area contributed by atoms with Crippen LogP contribution >= 0.6 is 0 Å². The first-order chi connectivity index (χ1) is 9.54. The lowest BCUT2D eigenvalue weighted by Gasteiger charge is -2.06. The molecule has 0 aliphatic rings. The number of aryl methyl sites for hydroxylation is 1. The Morgan fingerprint density at radius 1 is 1.45 bits per heavy atom. The first-order valence-electron chi connectivity index (χ1n) is 5.56. The van der Waals surface area contributed by atoms with Gasteiger partial charge in [-0.2, -0.15) is 13.8 Å². The Balaban J connectivity index is 1.98. The van der Waals surface area contributed by atoms with Gasteiger partial charge in [-0.05, 0) is 19.1 Å². The number of nitrogens with zero attached hydrogens (tertiary/aromatic N) is 2. The number of hydrogen-bond donors (Lipinski definition) is 0. The topological polar surface area (TPSA) is 74.5 Å². The lowest BCUT2D eigenvalue weighted by Crippen LogP contribution is -2.12. The van der Waals surface area contributed by atoms with Crippen LogP contribution in [0.25, 0.3) is 0 Å². The number of Topliss-reactive ketones (excluding diaryl/α,β-unsaturated/α-hetero) is 1. The highest BCUT2D eigenvalue weighted by atomic mass is 19.3. The first kappa shape index (κ1) is 13.9. The van der Waals surface area contributed by atoms with Gasteiger partial charge in [-0.15, -0.1) is 0 Å². The third kappa shape index (κ3) is 3.74. The van der Waals surface area contributed by atoms with Gasteiger partial charge in [-0.3, -0.25) is 9.32 Å². The molecule has 1 aromatic heterocycles. The fourth-order valence-corrected chi connectivity index (χ4v) is 1.39. The van der Waals surface area contributed by atoms with Crippen LogP contribution in [0.4, 0.5) is 8.78 Å². The summed E-state index contributed by atoms with van der Waals surface area (Å²) in [5.74, 6) is -0.153. The monoisotopic (exact) mass is 284 g/mol. The van der Waals surface area contributed by atoms with Gasteiger partial charge >= 0.3 is 12.7 Å². The Bertz CT molecular complexity index is 601. The molecule has 0 N–H and O–H groups in total. The first-order valence-corrected chi connectivity index (χ1v) is 5.56. The molecule has 20 heavy (non-hydrogen) atoms. The lowest BCUT2D eigenvalue weighted by molar-refractivity contribution is -0.0498. The van der Waals surface area contributed by atoms with Gasteiger partial charge in [-0.1, -0.05) is 17.3 Å². The van der Waals surface area contributed by atoms with Gasteiger partial charge in [0.2, 0.25) is 5.78 Å². The fraction of sp³-hybridized carbons (Fsp3) is 0.250. The third-order valence-electron chi connectivity index (χ3n) is 2.22. The van der Waals surface area contributed by atoms with Gasteiger partial charge < -0.3 is 9.47 Å². The van der Waals surface area contributed by atoms with Gasteiger partial charge in [0.1, 0.15) is 5.75 Å². The second-order valence-corrected chi connectivity index (χ2v) is 3.73. The van der Waals surface area contributed by atoms with E-state index >= 15 is 0 Å². The molecule has 2 rings (SSSR count). The van der Waals surface area contributed by atoms with E-state index in [-0.39, 0.29) is 24.0 Å². The quantitative estimate of drug-likeness (QED) is 0.757. The molecule has 1 heterocycles. The van der Waals surface area contributed by atoms with E-state index in [1.807, 2.05) is 0 Å². The highest BCUT2D eigenvalue weighted by Gasteiger charge is 2.12. The summed E-state index contributed by atoms with van der Waals surface area (Å²) in [6.45, 7) is -1.69. The minimum atomic E-state index is -2.95. The molecule has 6 nitrogen and oxygen atoms in total. The predicted octanol–water partition coefficient (Wildman–Crippen LogP) is 2.24. The molecule has 0 saturated carbocycles. The number of ketones is 1. The second kappa shape index (κ2) is 6.09. The normalized spacial score (nSPS) is 10.6. The van der Waals surface area contributed by atoms with Gasteiger partial charge in [0, 0.05) is 5.56 Å². The van der Waals surface area contributed by atoms with E-state index in [1.54, 1.807) is 6.92 Å². The van der Waals surface area contributed by atoms with Crippen LogP contribution in [0.5, 0.6) is 11.8 Å². The predicted molar refractivity (Wildman–Crippen MR) is 61.9 cm³/mol. The smallest absolute Gasteiger partial charge is 0.417 e. The largest absolute Gasteiger partial charge is 0.440 e. The molecule has 0 fully saturated rings. The number of rotatable bonds is 6. The van der Waals surface area contributed by atoms with Crippen molar-refractivity contribution in [1.82, 2.24) is 10.1 Å². The average molecular weight is 284 g/mol. The van der Waals surface area contributed by atoms with Gasteiger partial charge in [0.05, 0.1) is 0 Å². The number of carbonyl (C=O) groups excluding carboxylic acids is 1. The summed E-state index contributed by atoms with van der Waals surface area (Å²) in [5, 5.41) is 3.49. The van der Waals surface area contributed by atoms with Crippen LogP contribution in [0, 0.1) is 6.92 Å². The van der Waals surface area contributed by atoms with Crippen molar-refractivity contribution in [2.45, 2.75) is 13.5 Å². The zero-order valence-corrected chi connectivity index (χ0v) is 10.4. The van der Waals surface area contributed by atoms with Crippen LogP contribution in [0.15, 0.2) is 28.8 Å². The van der Waals surface area contributed by atoms with Crippen molar-refractivity contribution in [3.63, 3.8) is 0 Å². The Morgan fingerprint density at radius 3 is 2.90 bits per heavy atom. The number of aromatic nitrogens is 2. The third-order valence-corrected chi connectivity index (χ3v) is 2.22. The molecule has 0 bridgehead atoms. The maximum Gasteiger partial charge on any atom is 0.417 e. The van der Waals surface area contributed by atoms with Crippen LogP contribution < -0.4 is 9.47 Å². The summed E-state index contributed by atoms with van der Waals surface area (Å²) in [6, 6.07) is 5.42. The van der Waals surface area contributed by atoms with Crippen LogP contribution in [-0.4, -0.2) is 29.1 Å². The molecule has 0 atom stereocenters. The van der Waals surface area contributed by atoms with Gasteiger partial charge in [-0.25, -0.2) is 0 Å². The SMILES string of the molecule is Cc1noc(OCC(=O)c2cccc(OC(F)F)c2)n1. The molecule has 0 amide bonds. The maximum atomic E-state index is 12.1. The van der Waals surface area contributed by atoms with E-state index in [1.165, 1.54) is 24.3 Å². The van der Waals surface area contributed by atoms with Crippen molar-refractivity contribution in [1.29, 1.82) is 0 Å². The molecule has 0 saturated heterocycles. The van der Waals surface area contributed by atoms with E-state index < -0.39 is 12.4 Å². The van der Waals surface area contributed by atoms with Crippen molar-refractivity contribution >= 4 is 5.78 Å². The lowest BCUT2D eigenvalue weighted by atomic mass is 10.1. The highest BCUT2D eigenvalue weighted by Crippen LogP contribution is 2.16.